The standard InChI is InChI=1S/C14H20N4/c1-14(2,16-17-15)13-9-6-10-18(13)11-12-7-4-3-5-8-12/h3-5,7-8,13H,6,9-11H2,1-2H3/t13-/m0/s1. The zero-order chi connectivity index (χ0) is 13.0. The molecule has 0 N–H and O–H groups in total. The first-order chi connectivity index (χ1) is 8.63. The minimum absolute atomic E-state index is 0.333. The number of hydrogen-bond acceptors (Lipinski definition) is 2. The molecule has 0 saturated carbocycles. The summed E-state index contributed by atoms with van der Waals surface area (Å²) in [6.07, 6.45) is 2.29. The molecule has 18 heavy (non-hydrogen) atoms. The van der Waals surface area contributed by atoms with Gasteiger partial charge < -0.3 is 0 Å². The SMILES string of the molecule is CC(C)(N=[N+]=[N-])[C@@H]1CCCN1Cc1ccccc1. The molecule has 2 rings (SSSR count). The highest BCUT2D eigenvalue weighted by Gasteiger charge is 2.36. The van der Waals surface area contributed by atoms with Gasteiger partial charge in [0.25, 0.3) is 0 Å². The topological polar surface area (TPSA) is 52.0 Å². The summed E-state index contributed by atoms with van der Waals surface area (Å²) < 4.78 is 0. The predicted octanol–water partition coefficient (Wildman–Crippen LogP) is 3.74. The van der Waals surface area contributed by atoms with E-state index in [4.69, 9.17) is 5.53 Å². The van der Waals surface area contributed by atoms with E-state index >= 15 is 0 Å². The molecule has 1 aliphatic heterocycles. The second-order valence-electron chi connectivity index (χ2n) is 5.46. The van der Waals surface area contributed by atoms with E-state index < -0.39 is 0 Å². The molecule has 0 aromatic heterocycles. The Kier molecular flexibility index (Phi) is 3.90. The van der Waals surface area contributed by atoms with Crippen LogP contribution in [0.4, 0.5) is 0 Å². The molecule has 1 heterocycles. The van der Waals surface area contributed by atoms with E-state index in [0.717, 1.165) is 19.5 Å². The lowest BCUT2D eigenvalue weighted by Gasteiger charge is -2.34. The van der Waals surface area contributed by atoms with Crippen LogP contribution in [0.3, 0.4) is 0 Å². The maximum Gasteiger partial charge on any atom is 0.0587 e. The van der Waals surface area contributed by atoms with Crippen molar-refractivity contribution in [3.05, 3.63) is 46.3 Å². The van der Waals surface area contributed by atoms with Gasteiger partial charge >= 0.3 is 0 Å². The largest absolute Gasteiger partial charge is 0.295 e. The van der Waals surface area contributed by atoms with E-state index in [1.807, 2.05) is 19.9 Å². The summed E-state index contributed by atoms with van der Waals surface area (Å²) in [6.45, 7) is 6.08. The van der Waals surface area contributed by atoms with Crippen LogP contribution < -0.4 is 0 Å². The lowest BCUT2D eigenvalue weighted by Crippen LogP contribution is -2.43. The molecule has 4 heteroatoms. The van der Waals surface area contributed by atoms with Gasteiger partial charge in [0.15, 0.2) is 0 Å². The maximum atomic E-state index is 8.68. The third kappa shape index (κ3) is 2.84. The summed E-state index contributed by atoms with van der Waals surface area (Å²) in [5, 5.41) is 3.97. The van der Waals surface area contributed by atoms with Crippen LogP contribution >= 0.6 is 0 Å². The van der Waals surface area contributed by atoms with Crippen molar-refractivity contribution >= 4 is 0 Å². The molecular weight excluding hydrogens is 224 g/mol. The normalized spacial score (nSPS) is 20.7. The van der Waals surface area contributed by atoms with Gasteiger partial charge in [-0.05, 0) is 30.5 Å². The van der Waals surface area contributed by atoms with Gasteiger partial charge in [0.05, 0.1) is 5.54 Å². The molecule has 0 bridgehead atoms. The van der Waals surface area contributed by atoms with Crippen LogP contribution in [-0.2, 0) is 6.54 Å². The fourth-order valence-corrected chi connectivity index (χ4v) is 2.82. The molecule has 1 aromatic rings. The van der Waals surface area contributed by atoms with Gasteiger partial charge in [-0.25, -0.2) is 0 Å². The first-order valence-corrected chi connectivity index (χ1v) is 6.48. The highest BCUT2D eigenvalue weighted by molar-refractivity contribution is 5.15. The number of hydrogen-bond donors (Lipinski definition) is 0. The van der Waals surface area contributed by atoms with Crippen molar-refractivity contribution < 1.29 is 0 Å². The van der Waals surface area contributed by atoms with E-state index in [1.165, 1.54) is 12.0 Å². The van der Waals surface area contributed by atoms with Gasteiger partial charge in [-0.1, -0.05) is 49.3 Å². The van der Waals surface area contributed by atoms with E-state index in [1.54, 1.807) is 0 Å². The minimum Gasteiger partial charge on any atom is -0.295 e. The summed E-state index contributed by atoms with van der Waals surface area (Å²) in [7, 11) is 0. The van der Waals surface area contributed by atoms with Crippen molar-refractivity contribution in [1.29, 1.82) is 0 Å². The van der Waals surface area contributed by atoms with E-state index in [2.05, 4.69) is 39.2 Å². The monoisotopic (exact) mass is 244 g/mol. The zero-order valence-electron chi connectivity index (χ0n) is 11.1. The highest BCUT2D eigenvalue weighted by atomic mass is 15.3. The lowest BCUT2D eigenvalue weighted by molar-refractivity contribution is 0.176. The first-order valence-electron chi connectivity index (χ1n) is 6.48. The van der Waals surface area contributed by atoms with Gasteiger partial charge in [0.2, 0.25) is 0 Å². The van der Waals surface area contributed by atoms with Crippen molar-refractivity contribution in [3.63, 3.8) is 0 Å². The smallest absolute Gasteiger partial charge is 0.0587 e. The zero-order valence-corrected chi connectivity index (χ0v) is 11.1. The Bertz CT molecular complexity index is 434. The molecule has 0 unspecified atom stereocenters. The second kappa shape index (κ2) is 5.42. The van der Waals surface area contributed by atoms with Gasteiger partial charge in [0.1, 0.15) is 0 Å². The number of benzene rings is 1. The number of rotatable bonds is 4. The third-order valence-corrected chi connectivity index (χ3v) is 3.71. The quantitative estimate of drug-likeness (QED) is 0.452. The number of likely N-dealkylation sites (tertiary alicyclic amines) is 1. The van der Waals surface area contributed by atoms with Crippen LogP contribution in [0.25, 0.3) is 10.4 Å². The van der Waals surface area contributed by atoms with Gasteiger partial charge in [-0.3, -0.25) is 4.90 Å². The molecule has 1 atom stereocenters. The van der Waals surface area contributed by atoms with E-state index in [9.17, 15) is 0 Å². The van der Waals surface area contributed by atoms with Crippen LogP contribution in [0, 0.1) is 0 Å². The maximum absolute atomic E-state index is 8.68. The third-order valence-electron chi connectivity index (χ3n) is 3.71. The van der Waals surface area contributed by atoms with E-state index in [0.29, 0.717) is 6.04 Å². The molecular formula is C14H20N4. The van der Waals surface area contributed by atoms with Crippen LogP contribution in [-0.4, -0.2) is 23.0 Å². The second-order valence-corrected chi connectivity index (χ2v) is 5.46. The van der Waals surface area contributed by atoms with Crippen molar-refractivity contribution in [2.24, 2.45) is 5.11 Å². The summed E-state index contributed by atoms with van der Waals surface area (Å²) in [4.78, 5) is 5.43. The Balaban J connectivity index is 2.11. The number of nitrogens with zero attached hydrogens (tertiary/aromatic N) is 4. The van der Waals surface area contributed by atoms with Crippen molar-refractivity contribution in [1.82, 2.24) is 4.90 Å². The highest BCUT2D eigenvalue weighted by Crippen LogP contribution is 2.30. The Hall–Kier alpha value is -1.51. The molecule has 96 valence electrons. The average molecular weight is 244 g/mol. The van der Waals surface area contributed by atoms with E-state index in [-0.39, 0.29) is 5.54 Å². The molecule has 0 spiro atoms. The summed E-state index contributed by atoms with van der Waals surface area (Å²) >= 11 is 0. The number of azide groups is 1. The Morgan fingerprint density at radius 2 is 2.11 bits per heavy atom. The van der Waals surface area contributed by atoms with Crippen LogP contribution in [0.1, 0.15) is 32.3 Å². The van der Waals surface area contributed by atoms with Crippen LogP contribution in [0.2, 0.25) is 0 Å². The molecule has 0 aliphatic carbocycles. The van der Waals surface area contributed by atoms with Crippen molar-refractivity contribution in [2.45, 2.75) is 44.8 Å². The molecule has 1 aromatic carbocycles. The van der Waals surface area contributed by atoms with Gasteiger partial charge in [0, 0.05) is 17.5 Å². The molecule has 0 radical (unpaired) electrons. The van der Waals surface area contributed by atoms with Crippen LogP contribution in [0.5, 0.6) is 0 Å². The Morgan fingerprint density at radius 3 is 2.78 bits per heavy atom. The van der Waals surface area contributed by atoms with Gasteiger partial charge in [-0.15, -0.1) is 0 Å². The molecule has 1 fully saturated rings. The summed E-state index contributed by atoms with van der Waals surface area (Å²) in [5.41, 5.74) is 9.67. The summed E-state index contributed by atoms with van der Waals surface area (Å²) in [6, 6.07) is 10.8. The molecule has 1 aliphatic rings. The Labute approximate surface area is 108 Å². The first kappa shape index (κ1) is 12.9. The average Bonchev–Trinajstić information content (AvgIpc) is 2.79. The lowest BCUT2D eigenvalue weighted by atomic mass is 9.93. The molecule has 1 saturated heterocycles. The minimum atomic E-state index is -0.333. The van der Waals surface area contributed by atoms with Crippen molar-refractivity contribution in [3.8, 4) is 0 Å². The molecule has 4 nitrogen and oxygen atoms in total. The fourth-order valence-electron chi connectivity index (χ4n) is 2.82. The fraction of sp³-hybridized carbons (Fsp3) is 0.571. The summed E-state index contributed by atoms with van der Waals surface area (Å²) in [5.74, 6) is 0. The Morgan fingerprint density at radius 1 is 1.39 bits per heavy atom. The van der Waals surface area contributed by atoms with Crippen LogP contribution in [0.15, 0.2) is 35.4 Å². The van der Waals surface area contributed by atoms with Gasteiger partial charge in [-0.2, -0.15) is 0 Å². The van der Waals surface area contributed by atoms with Crippen molar-refractivity contribution in [2.75, 3.05) is 6.54 Å². The predicted molar refractivity (Wildman–Crippen MR) is 73.1 cm³/mol. The molecule has 0 amide bonds.